The van der Waals surface area contributed by atoms with Crippen molar-refractivity contribution < 1.29 is 13.9 Å². The maximum atomic E-state index is 14.3. The van der Waals surface area contributed by atoms with Crippen LogP contribution in [0, 0.1) is 5.82 Å². The van der Waals surface area contributed by atoms with E-state index in [2.05, 4.69) is 0 Å². The lowest BCUT2D eigenvalue weighted by atomic mass is 9.90. The molecule has 0 aromatic heterocycles. The van der Waals surface area contributed by atoms with E-state index in [0.717, 1.165) is 24.2 Å². The molecule has 2 atom stereocenters. The summed E-state index contributed by atoms with van der Waals surface area (Å²) in [5.41, 5.74) is 7.66. The van der Waals surface area contributed by atoms with E-state index < -0.39 is 6.04 Å². The number of rotatable bonds is 4. The molecule has 1 aliphatic rings. The Kier molecular flexibility index (Phi) is 5.34. The van der Waals surface area contributed by atoms with Crippen molar-refractivity contribution in [2.75, 3.05) is 13.7 Å². The summed E-state index contributed by atoms with van der Waals surface area (Å²) in [6.07, 6.45) is 1.88. The summed E-state index contributed by atoms with van der Waals surface area (Å²) in [6.45, 7) is 0.599. The Bertz CT molecular complexity index is 733. The monoisotopic (exact) mass is 342 g/mol. The molecule has 1 aliphatic heterocycles. The predicted molar refractivity (Wildman–Crippen MR) is 94.8 cm³/mol. The summed E-state index contributed by atoms with van der Waals surface area (Å²) in [5.74, 6) is 0.404. The fourth-order valence-electron chi connectivity index (χ4n) is 3.44. The maximum absolute atomic E-state index is 14.3. The molecule has 132 valence electrons. The molecule has 0 saturated carbocycles. The van der Waals surface area contributed by atoms with Crippen molar-refractivity contribution >= 4 is 5.91 Å². The van der Waals surface area contributed by atoms with Crippen LogP contribution in [0.15, 0.2) is 48.5 Å². The topological polar surface area (TPSA) is 55.6 Å². The van der Waals surface area contributed by atoms with Crippen LogP contribution in [-0.2, 0) is 11.2 Å². The molecule has 0 radical (unpaired) electrons. The van der Waals surface area contributed by atoms with E-state index in [9.17, 15) is 9.18 Å². The molecule has 1 amide bonds. The molecule has 1 heterocycles. The Morgan fingerprint density at radius 2 is 1.96 bits per heavy atom. The van der Waals surface area contributed by atoms with Crippen LogP contribution in [-0.4, -0.2) is 30.5 Å². The van der Waals surface area contributed by atoms with Crippen LogP contribution >= 0.6 is 0 Å². The third kappa shape index (κ3) is 3.82. The molecular weight excluding hydrogens is 319 g/mol. The molecule has 2 aromatic rings. The minimum Gasteiger partial charge on any atom is -0.497 e. The van der Waals surface area contributed by atoms with Gasteiger partial charge in [-0.05, 0) is 36.6 Å². The largest absolute Gasteiger partial charge is 0.497 e. The highest BCUT2D eigenvalue weighted by molar-refractivity contribution is 5.79. The summed E-state index contributed by atoms with van der Waals surface area (Å²) >= 11 is 0. The number of nitrogens with two attached hydrogens (primary N) is 1. The normalized spacial score (nSPS) is 20.4. The zero-order valence-electron chi connectivity index (χ0n) is 14.3. The smallest absolute Gasteiger partial charge is 0.227 e. The molecule has 1 fully saturated rings. The van der Waals surface area contributed by atoms with E-state index in [1.54, 1.807) is 30.2 Å². The van der Waals surface area contributed by atoms with Crippen molar-refractivity contribution in [3.05, 3.63) is 65.5 Å². The Morgan fingerprint density at radius 1 is 1.24 bits per heavy atom. The number of carbonyl (C=O) groups excluding carboxylic acids is 1. The Balaban J connectivity index is 1.82. The van der Waals surface area contributed by atoms with Crippen molar-refractivity contribution in [3.63, 3.8) is 0 Å². The number of benzene rings is 2. The number of halogens is 1. The molecule has 2 aromatic carbocycles. The van der Waals surface area contributed by atoms with Crippen molar-refractivity contribution in [1.29, 1.82) is 0 Å². The van der Waals surface area contributed by atoms with Gasteiger partial charge in [0.05, 0.1) is 19.6 Å². The standard InChI is InChI=1S/C20H23FN2O2/c1-25-15-10-8-14(9-11-15)13-19(24)23-12-4-7-18(22)20(23)16-5-2-3-6-17(16)21/h2-3,5-6,8-11,18,20H,4,7,12-13,22H2,1H3/t18-,20+/m1/s1. The van der Waals surface area contributed by atoms with Gasteiger partial charge in [-0.25, -0.2) is 4.39 Å². The average molecular weight is 342 g/mol. The van der Waals surface area contributed by atoms with Crippen LogP contribution < -0.4 is 10.5 Å². The lowest BCUT2D eigenvalue weighted by Crippen LogP contribution is -2.49. The fraction of sp³-hybridized carbons (Fsp3) is 0.350. The third-order valence-electron chi connectivity index (χ3n) is 4.74. The van der Waals surface area contributed by atoms with Gasteiger partial charge in [0, 0.05) is 18.2 Å². The second kappa shape index (κ2) is 7.66. The first-order chi connectivity index (χ1) is 12.1. The molecule has 0 spiro atoms. The molecule has 4 nitrogen and oxygen atoms in total. The van der Waals surface area contributed by atoms with Gasteiger partial charge in [0.1, 0.15) is 11.6 Å². The molecule has 0 bridgehead atoms. The van der Waals surface area contributed by atoms with Crippen molar-refractivity contribution in [2.45, 2.75) is 31.3 Å². The van der Waals surface area contributed by atoms with Crippen molar-refractivity contribution in [3.8, 4) is 5.75 Å². The minimum absolute atomic E-state index is 0.0337. The van der Waals surface area contributed by atoms with E-state index >= 15 is 0 Å². The first kappa shape index (κ1) is 17.4. The number of methoxy groups -OCH3 is 1. The van der Waals surface area contributed by atoms with Gasteiger partial charge in [-0.1, -0.05) is 30.3 Å². The maximum Gasteiger partial charge on any atom is 0.227 e. The number of likely N-dealkylation sites (tertiary alicyclic amines) is 1. The number of ether oxygens (including phenoxy) is 1. The van der Waals surface area contributed by atoms with E-state index in [0.29, 0.717) is 12.1 Å². The number of nitrogens with zero attached hydrogens (tertiary/aromatic N) is 1. The van der Waals surface area contributed by atoms with Gasteiger partial charge in [0.25, 0.3) is 0 Å². The van der Waals surface area contributed by atoms with Crippen LogP contribution in [0.25, 0.3) is 0 Å². The van der Waals surface area contributed by atoms with Crippen LogP contribution in [0.5, 0.6) is 5.75 Å². The van der Waals surface area contributed by atoms with E-state index in [1.165, 1.54) is 6.07 Å². The van der Waals surface area contributed by atoms with Gasteiger partial charge in [-0.2, -0.15) is 0 Å². The van der Waals surface area contributed by atoms with Gasteiger partial charge in [-0.15, -0.1) is 0 Å². The Hall–Kier alpha value is -2.40. The molecule has 3 rings (SSSR count). The highest BCUT2D eigenvalue weighted by atomic mass is 19.1. The van der Waals surface area contributed by atoms with Crippen LogP contribution in [0.1, 0.15) is 30.0 Å². The first-order valence-corrected chi connectivity index (χ1v) is 8.52. The second-order valence-corrected chi connectivity index (χ2v) is 6.38. The minimum atomic E-state index is -0.416. The van der Waals surface area contributed by atoms with Gasteiger partial charge in [0.2, 0.25) is 5.91 Å². The third-order valence-corrected chi connectivity index (χ3v) is 4.74. The number of carbonyl (C=O) groups is 1. The average Bonchev–Trinajstić information content (AvgIpc) is 2.63. The second-order valence-electron chi connectivity index (χ2n) is 6.38. The zero-order chi connectivity index (χ0) is 17.8. The van der Waals surface area contributed by atoms with Crippen molar-refractivity contribution in [1.82, 2.24) is 4.90 Å². The Labute approximate surface area is 147 Å². The number of hydrogen-bond acceptors (Lipinski definition) is 3. The molecule has 2 N–H and O–H groups in total. The highest BCUT2D eigenvalue weighted by Gasteiger charge is 2.34. The SMILES string of the molecule is COc1ccc(CC(=O)N2CCC[C@@H](N)[C@@H]2c2ccccc2F)cc1. The summed E-state index contributed by atoms with van der Waals surface area (Å²) in [7, 11) is 1.61. The van der Waals surface area contributed by atoms with Gasteiger partial charge < -0.3 is 15.4 Å². The molecule has 0 aliphatic carbocycles. The molecule has 5 heteroatoms. The van der Waals surface area contributed by atoms with Crippen LogP contribution in [0.4, 0.5) is 4.39 Å². The number of hydrogen-bond donors (Lipinski definition) is 1. The lowest BCUT2D eigenvalue weighted by molar-refractivity contribution is -0.134. The molecule has 1 saturated heterocycles. The van der Waals surface area contributed by atoms with Crippen LogP contribution in [0.3, 0.4) is 0 Å². The lowest BCUT2D eigenvalue weighted by Gasteiger charge is -2.40. The van der Waals surface area contributed by atoms with Gasteiger partial charge >= 0.3 is 0 Å². The summed E-state index contributed by atoms with van der Waals surface area (Å²) in [5, 5.41) is 0. The van der Waals surface area contributed by atoms with Crippen LogP contribution in [0.2, 0.25) is 0 Å². The van der Waals surface area contributed by atoms with E-state index in [-0.39, 0.29) is 24.2 Å². The number of amides is 1. The summed E-state index contributed by atoms with van der Waals surface area (Å²) in [4.78, 5) is 14.6. The number of piperidine rings is 1. The Morgan fingerprint density at radius 3 is 2.64 bits per heavy atom. The molecule has 25 heavy (non-hydrogen) atoms. The molecular formula is C20H23FN2O2. The molecule has 0 unspecified atom stereocenters. The first-order valence-electron chi connectivity index (χ1n) is 8.52. The fourth-order valence-corrected chi connectivity index (χ4v) is 3.44. The predicted octanol–water partition coefficient (Wildman–Crippen LogP) is 3.07. The summed E-state index contributed by atoms with van der Waals surface area (Å²) < 4.78 is 19.4. The van der Waals surface area contributed by atoms with E-state index in [4.69, 9.17) is 10.5 Å². The van der Waals surface area contributed by atoms with Crippen molar-refractivity contribution in [2.24, 2.45) is 5.73 Å². The van der Waals surface area contributed by atoms with Gasteiger partial charge in [0.15, 0.2) is 0 Å². The van der Waals surface area contributed by atoms with Gasteiger partial charge in [-0.3, -0.25) is 4.79 Å². The quantitative estimate of drug-likeness (QED) is 0.929. The summed E-state index contributed by atoms with van der Waals surface area (Å²) in [6, 6.07) is 13.3. The highest BCUT2D eigenvalue weighted by Crippen LogP contribution is 2.32. The van der Waals surface area contributed by atoms with E-state index in [1.807, 2.05) is 24.3 Å². The zero-order valence-corrected chi connectivity index (χ0v) is 14.3.